The summed E-state index contributed by atoms with van der Waals surface area (Å²) in [5.41, 5.74) is 3.58. The summed E-state index contributed by atoms with van der Waals surface area (Å²) in [5, 5.41) is 21.1. The summed E-state index contributed by atoms with van der Waals surface area (Å²) >= 11 is 0. The van der Waals surface area contributed by atoms with Crippen LogP contribution in [0.4, 0.5) is 10.5 Å². The monoisotopic (exact) mass is 448 g/mol. The summed E-state index contributed by atoms with van der Waals surface area (Å²) in [4.78, 5) is 25.8. The Bertz CT molecular complexity index is 1070. The first-order valence-corrected chi connectivity index (χ1v) is 10.7. The number of hydrogen-bond acceptors (Lipinski definition) is 4. The molecular formula is C26H28N2O5. The van der Waals surface area contributed by atoms with Crippen LogP contribution in [0, 0.1) is 0 Å². The number of methoxy groups -OCH3 is 1. The van der Waals surface area contributed by atoms with Crippen molar-refractivity contribution in [1.82, 2.24) is 4.90 Å². The van der Waals surface area contributed by atoms with Gasteiger partial charge in [0, 0.05) is 19.7 Å². The van der Waals surface area contributed by atoms with Crippen LogP contribution in [0.3, 0.4) is 0 Å². The summed E-state index contributed by atoms with van der Waals surface area (Å²) in [7, 11) is 1.56. The van der Waals surface area contributed by atoms with Crippen LogP contribution < -0.4 is 10.1 Å². The molecule has 0 aliphatic heterocycles. The van der Waals surface area contributed by atoms with Crippen molar-refractivity contribution < 1.29 is 24.5 Å². The van der Waals surface area contributed by atoms with E-state index in [0.29, 0.717) is 37.4 Å². The lowest BCUT2D eigenvalue weighted by atomic mass is 10.0. The first-order valence-electron chi connectivity index (χ1n) is 10.7. The molecule has 0 bridgehead atoms. The van der Waals surface area contributed by atoms with Gasteiger partial charge in [-0.05, 0) is 53.8 Å². The van der Waals surface area contributed by atoms with Crippen LogP contribution in [0.1, 0.15) is 28.8 Å². The quantitative estimate of drug-likeness (QED) is 0.385. The first-order chi connectivity index (χ1) is 16.0. The lowest BCUT2D eigenvalue weighted by Gasteiger charge is -2.24. The zero-order valence-electron chi connectivity index (χ0n) is 18.5. The van der Waals surface area contributed by atoms with Crippen LogP contribution in [-0.2, 0) is 6.54 Å². The molecule has 0 fully saturated rings. The number of nitrogens with zero attached hydrogens (tertiary/aromatic N) is 1. The van der Waals surface area contributed by atoms with Gasteiger partial charge in [0.05, 0.1) is 18.4 Å². The molecule has 7 nitrogen and oxygen atoms in total. The number of amides is 2. The number of anilines is 1. The van der Waals surface area contributed by atoms with E-state index in [-0.39, 0.29) is 18.2 Å². The lowest BCUT2D eigenvalue weighted by Crippen LogP contribution is -2.35. The molecule has 3 N–H and O–H groups in total. The molecule has 0 atom stereocenters. The Kier molecular flexibility index (Phi) is 8.43. The third kappa shape index (κ3) is 6.57. The fraction of sp³-hybridized carbons (Fsp3) is 0.231. The fourth-order valence-corrected chi connectivity index (χ4v) is 3.44. The molecule has 0 heterocycles. The third-order valence-electron chi connectivity index (χ3n) is 5.25. The molecule has 33 heavy (non-hydrogen) atoms. The highest BCUT2D eigenvalue weighted by Crippen LogP contribution is 2.31. The van der Waals surface area contributed by atoms with Gasteiger partial charge in [-0.1, -0.05) is 48.5 Å². The van der Waals surface area contributed by atoms with Gasteiger partial charge in [0.25, 0.3) is 0 Å². The molecule has 3 aromatic carbocycles. The molecular weight excluding hydrogens is 420 g/mol. The Balaban J connectivity index is 1.77. The molecule has 0 aliphatic rings. The fourth-order valence-electron chi connectivity index (χ4n) is 3.44. The van der Waals surface area contributed by atoms with Crippen molar-refractivity contribution in [2.75, 3.05) is 25.6 Å². The largest absolute Gasteiger partial charge is 0.495 e. The van der Waals surface area contributed by atoms with Gasteiger partial charge in [-0.25, -0.2) is 9.59 Å². The summed E-state index contributed by atoms with van der Waals surface area (Å²) in [6.07, 6.45) is 1.22. The van der Waals surface area contributed by atoms with Crippen LogP contribution >= 0.6 is 0 Å². The number of rotatable bonds is 10. The molecule has 0 unspecified atom stereocenters. The highest BCUT2D eigenvalue weighted by Gasteiger charge is 2.17. The SMILES string of the molecule is COc1cc(-c2ccccc2)ccc1NC(=O)N(CCCCO)Cc1ccc(C(=O)O)cc1. The van der Waals surface area contributed by atoms with Gasteiger partial charge in [-0.15, -0.1) is 0 Å². The van der Waals surface area contributed by atoms with Gasteiger partial charge in [0.1, 0.15) is 5.75 Å². The van der Waals surface area contributed by atoms with Crippen molar-refractivity contribution in [3.05, 3.63) is 83.9 Å². The van der Waals surface area contributed by atoms with Crippen molar-refractivity contribution in [3.8, 4) is 16.9 Å². The minimum Gasteiger partial charge on any atom is -0.495 e. The normalized spacial score (nSPS) is 10.5. The average molecular weight is 449 g/mol. The number of carbonyl (C=O) groups excluding carboxylic acids is 1. The summed E-state index contributed by atoms with van der Waals surface area (Å²) in [6, 6.07) is 21.6. The van der Waals surface area contributed by atoms with Crippen LogP contribution in [0.15, 0.2) is 72.8 Å². The molecule has 0 aliphatic carbocycles. The summed E-state index contributed by atoms with van der Waals surface area (Å²) < 4.78 is 5.52. The first kappa shape index (κ1) is 23.8. The van der Waals surface area contributed by atoms with Gasteiger partial charge < -0.3 is 25.2 Å². The lowest BCUT2D eigenvalue weighted by molar-refractivity contribution is 0.0696. The van der Waals surface area contributed by atoms with Gasteiger partial charge in [0.2, 0.25) is 0 Å². The number of carboxylic acids is 1. The molecule has 0 spiro atoms. The second kappa shape index (κ2) is 11.7. The van der Waals surface area contributed by atoms with Gasteiger partial charge in [-0.3, -0.25) is 0 Å². The van der Waals surface area contributed by atoms with E-state index in [2.05, 4.69) is 5.32 Å². The van der Waals surface area contributed by atoms with Crippen LogP contribution in [0.5, 0.6) is 5.75 Å². The number of aliphatic hydroxyl groups excluding tert-OH is 1. The Hall–Kier alpha value is -3.84. The predicted octanol–water partition coefficient (Wildman–Crippen LogP) is 4.87. The van der Waals surface area contributed by atoms with Crippen LogP contribution in [0.25, 0.3) is 11.1 Å². The molecule has 0 radical (unpaired) electrons. The smallest absolute Gasteiger partial charge is 0.335 e. The number of benzene rings is 3. The topological polar surface area (TPSA) is 99.1 Å². The highest BCUT2D eigenvalue weighted by atomic mass is 16.5. The number of aliphatic hydroxyl groups is 1. The molecule has 2 amide bonds. The second-order valence-electron chi connectivity index (χ2n) is 7.57. The zero-order valence-corrected chi connectivity index (χ0v) is 18.5. The van der Waals surface area contributed by atoms with E-state index in [9.17, 15) is 9.59 Å². The molecule has 0 saturated heterocycles. The van der Waals surface area contributed by atoms with Crippen molar-refractivity contribution in [2.24, 2.45) is 0 Å². The maximum atomic E-state index is 13.1. The highest BCUT2D eigenvalue weighted by molar-refractivity contribution is 5.92. The standard InChI is InChI=1S/C26H28N2O5/c1-33-24-17-22(20-7-3-2-4-8-20)13-14-23(24)27-26(32)28(15-5-6-16-29)18-19-9-11-21(12-10-19)25(30)31/h2-4,7-14,17,29H,5-6,15-16,18H2,1H3,(H,27,32)(H,30,31). The summed E-state index contributed by atoms with van der Waals surface area (Å²) in [6.45, 7) is 0.802. The van der Waals surface area contributed by atoms with Crippen molar-refractivity contribution in [3.63, 3.8) is 0 Å². The average Bonchev–Trinajstić information content (AvgIpc) is 2.84. The van der Waals surface area contributed by atoms with E-state index in [0.717, 1.165) is 16.7 Å². The Morgan fingerprint density at radius 3 is 2.30 bits per heavy atom. The van der Waals surface area contributed by atoms with E-state index >= 15 is 0 Å². The van der Waals surface area contributed by atoms with Gasteiger partial charge in [-0.2, -0.15) is 0 Å². The summed E-state index contributed by atoms with van der Waals surface area (Å²) in [5.74, 6) is -0.448. The molecule has 7 heteroatoms. The van der Waals surface area contributed by atoms with Crippen LogP contribution in [0.2, 0.25) is 0 Å². The number of aromatic carboxylic acids is 1. The van der Waals surface area contributed by atoms with E-state index in [1.165, 1.54) is 12.1 Å². The van der Waals surface area contributed by atoms with Gasteiger partial charge >= 0.3 is 12.0 Å². The van der Waals surface area contributed by atoms with Crippen molar-refractivity contribution in [1.29, 1.82) is 0 Å². The van der Waals surface area contributed by atoms with E-state index in [1.807, 2.05) is 48.5 Å². The zero-order chi connectivity index (χ0) is 23.6. The van der Waals surface area contributed by atoms with E-state index < -0.39 is 5.97 Å². The number of urea groups is 1. The number of nitrogens with one attached hydrogen (secondary N) is 1. The van der Waals surface area contributed by atoms with E-state index in [1.54, 1.807) is 24.1 Å². The van der Waals surface area contributed by atoms with Crippen molar-refractivity contribution in [2.45, 2.75) is 19.4 Å². The maximum Gasteiger partial charge on any atom is 0.335 e. The minimum atomic E-state index is -0.995. The molecule has 0 aromatic heterocycles. The minimum absolute atomic E-state index is 0.0531. The molecule has 172 valence electrons. The maximum absolute atomic E-state index is 13.1. The Labute approximate surface area is 193 Å². The molecule has 3 rings (SSSR count). The number of ether oxygens (including phenoxy) is 1. The van der Waals surface area contributed by atoms with Gasteiger partial charge in [0.15, 0.2) is 0 Å². The molecule has 0 saturated carbocycles. The van der Waals surface area contributed by atoms with Crippen molar-refractivity contribution >= 4 is 17.7 Å². The third-order valence-corrected chi connectivity index (χ3v) is 5.25. The number of unbranched alkanes of at least 4 members (excludes halogenated alkanes) is 1. The van der Waals surface area contributed by atoms with Crippen LogP contribution in [-0.4, -0.2) is 47.4 Å². The van der Waals surface area contributed by atoms with E-state index in [4.69, 9.17) is 14.9 Å². The Morgan fingerprint density at radius 1 is 0.939 bits per heavy atom. The Morgan fingerprint density at radius 2 is 1.67 bits per heavy atom. The number of carbonyl (C=O) groups is 2. The molecule has 3 aromatic rings. The predicted molar refractivity (Wildman–Crippen MR) is 128 cm³/mol. The second-order valence-corrected chi connectivity index (χ2v) is 7.57. The number of carboxylic acid groups (broad SMARTS) is 1. The number of hydrogen-bond donors (Lipinski definition) is 3.